The van der Waals surface area contributed by atoms with Gasteiger partial charge in [0, 0.05) is 19.2 Å². The van der Waals surface area contributed by atoms with Crippen molar-refractivity contribution in [2.45, 2.75) is 50.9 Å². The molecule has 2 N–H and O–H groups in total. The first-order chi connectivity index (χ1) is 8.29. The van der Waals surface area contributed by atoms with E-state index in [0.29, 0.717) is 25.8 Å². The zero-order valence-corrected chi connectivity index (χ0v) is 10.7. The summed E-state index contributed by atoms with van der Waals surface area (Å²) in [5.74, 6) is 0.829. The maximum absolute atomic E-state index is 9.73. The van der Waals surface area contributed by atoms with Crippen LogP contribution in [0.3, 0.4) is 0 Å². The summed E-state index contributed by atoms with van der Waals surface area (Å²) in [7, 11) is 0. The van der Waals surface area contributed by atoms with Crippen LogP contribution in [0.1, 0.15) is 32.6 Å². The fourth-order valence-electron chi connectivity index (χ4n) is 2.41. The van der Waals surface area contributed by atoms with Gasteiger partial charge in [-0.15, -0.1) is 0 Å². The van der Waals surface area contributed by atoms with Crippen molar-refractivity contribution in [3.63, 3.8) is 0 Å². The minimum absolute atomic E-state index is 0.253. The number of rotatable bonds is 8. The Morgan fingerprint density at radius 2 is 2.41 bits per heavy atom. The zero-order valence-electron chi connectivity index (χ0n) is 10.7. The van der Waals surface area contributed by atoms with Crippen molar-refractivity contribution in [3.05, 3.63) is 0 Å². The lowest BCUT2D eigenvalue weighted by Gasteiger charge is -2.14. The van der Waals surface area contributed by atoms with Gasteiger partial charge >= 0.3 is 0 Å². The van der Waals surface area contributed by atoms with Gasteiger partial charge in [0.15, 0.2) is 0 Å². The highest BCUT2D eigenvalue weighted by Crippen LogP contribution is 2.32. The van der Waals surface area contributed by atoms with Crippen LogP contribution < -0.4 is 5.32 Å². The molecular formula is C13H25NO3. The van der Waals surface area contributed by atoms with Gasteiger partial charge in [-0.05, 0) is 25.2 Å². The quantitative estimate of drug-likeness (QED) is 0.666. The SMILES string of the molecule is CCC1CC1NCC(O)COCC1CCCO1. The molecule has 100 valence electrons. The predicted octanol–water partition coefficient (Wildman–Crippen LogP) is 0.931. The molecule has 1 heterocycles. The Morgan fingerprint density at radius 3 is 3.06 bits per heavy atom. The number of ether oxygens (including phenoxy) is 2. The van der Waals surface area contributed by atoms with Crippen LogP contribution >= 0.6 is 0 Å². The van der Waals surface area contributed by atoms with E-state index >= 15 is 0 Å². The Kier molecular flexibility index (Phi) is 5.22. The van der Waals surface area contributed by atoms with E-state index in [4.69, 9.17) is 9.47 Å². The Balaban J connectivity index is 1.45. The normalized spacial score (nSPS) is 33.9. The lowest BCUT2D eigenvalue weighted by molar-refractivity contribution is -0.0165. The second-order valence-corrected chi connectivity index (χ2v) is 5.25. The Bertz CT molecular complexity index is 219. The van der Waals surface area contributed by atoms with Crippen LogP contribution in [-0.2, 0) is 9.47 Å². The lowest BCUT2D eigenvalue weighted by atomic mass is 10.2. The summed E-state index contributed by atoms with van der Waals surface area (Å²) in [4.78, 5) is 0. The average Bonchev–Trinajstić information content (AvgIpc) is 2.91. The molecule has 1 aliphatic heterocycles. The minimum Gasteiger partial charge on any atom is -0.389 e. The zero-order chi connectivity index (χ0) is 12.1. The highest BCUT2D eigenvalue weighted by molar-refractivity contribution is 4.92. The molecule has 4 atom stereocenters. The van der Waals surface area contributed by atoms with Crippen molar-refractivity contribution in [3.8, 4) is 0 Å². The molecule has 0 spiro atoms. The largest absolute Gasteiger partial charge is 0.389 e. The highest BCUT2D eigenvalue weighted by Gasteiger charge is 2.34. The van der Waals surface area contributed by atoms with Gasteiger partial charge in [0.05, 0.1) is 25.4 Å². The van der Waals surface area contributed by atoms with E-state index in [1.54, 1.807) is 0 Å². The molecule has 4 unspecified atom stereocenters. The number of nitrogens with one attached hydrogen (secondary N) is 1. The van der Waals surface area contributed by atoms with Crippen LogP contribution in [0.2, 0.25) is 0 Å². The third-order valence-electron chi connectivity index (χ3n) is 3.70. The van der Waals surface area contributed by atoms with Crippen LogP contribution in [0.4, 0.5) is 0 Å². The van der Waals surface area contributed by atoms with Gasteiger partial charge in [0.2, 0.25) is 0 Å². The molecule has 4 nitrogen and oxygen atoms in total. The predicted molar refractivity (Wildman–Crippen MR) is 66.0 cm³/mol. The van der Waals surface area contributed by atoms with E-state index < -0.39 is 6.10 Å². The van der Waals surface area contributed by atoms with E-state index in [-0.39, 0.29) is 6.10 Å². The van der Waals surface area contributed by atoms with Crippen molar-refractivity contribution >= 4 is 0 Å². The van der Waals surface area contributed by atoms with Crippen LogP contribution in [0.15, 0.2) is 0 Å². The minimum atomic E-state index is -0.394. The second-order valence-electron chi connectivity index (χ2n) is 5.25. The maximum Gasteiger partial charge on any atom is 0.0897 e. The summed E-state index contributed by atoms with van der Waals surface area (Å²) in [5.41, 5.74) is 0. The molecule has 1 aliphatic carbocycles. The fraction of sp³-hybridized carbons (Fsp3) is 1.00. The lowest BCUT2D eigenvalue weighted by Crippen LogP contribution is -2.33. The molecule has 1 saturated heterocycles. The van der Waals surface area contributed by atoms with E-state index in [1.165, 1.54) is 12.8 Å². The molecule has 0 radical (unpaired) electrons. The maximum atomic E-state index is 9.73. The monoisotopic (exact) mass is 243 g/mol. The summed E-state index contributed by atoms with van der Waals surface area (Å²) in [6, 6.07) is 0.632. The van der Waals surface area contributed by atoms with Gasteiger partial charge in [-0.3, -0.25) is 0 Å². The molecule has 1 saturated carbocycles. The first-order valence-electron chi connectivity index (χ1n) is 6.90. The smallest absolute Gasteiger partial charge is 0.0897 e. The third-order valence-corrected chi connectivity index (χ3v) is 3.70. The number of aliphatic hydroxyl groups excluding tert-OH is 1. The molecule has 2 aliphatic rings. The Labute approximate surface area is 104 Å². The number of hydrogen-bond acceptors (Lipinski definition) is 4. The van der Waals surface area contributed by atoms with Gasteiger partial charge in [-0.1, -0.05) is 13.3 Å². The summed E-state index contributed by atoms with van der Waals surface area (Å²) in [6.07, 6.45) is 4.59. The van der Waals surface area contributed by atoms with E-state index in [9.17, 15) is 5.11 Å². The molecule has 0 aromatic heterocycles. The average molecular weight is 243 g/mol. The molecule has 2 rings (SSSR count). The van der Waals surface area contributed by atoms with Crippen molar-refractivity contribution in [1.82, 2.24) is 5.32 Å². The van der Waals surface area contributed by atoms with E-state index in [1.807, 2.05) is 0 Å². The Morgan fingerprint density at radius 1 is 1.53 bits per heavy atom. The van der Waals surface area contributed by atoms with Crippen molar-refractivity contribution in [2.75, 3.05) is 26.4 Å². The van der Waals surface area contributed by atoms with Crippen LogP contribution in [0.5, 0.6) is 0 Å². The summed E-state index contributed by atoms with van der Waals surface area (Å²) >= 11 is 0. The van der Waals surface area contributed by atoms with Crippen molar-refractivity contribution < 1.29 is 14.6 Å². The standard InChI is InChI=1S/C13H25NO3/c1-2-10-6-13(10)14-7-11(15)8-16-9-12-4-3-5-17-12/h10-15H,2-9H2,1H3. The van der Waals surface area contributed by atoms with Crippen LogP contribution in [0, 0.1) is 5.92 Å². The van der Waals surface area contributed by atoms with Crippen molar-refractivity contribution in [2.24, 2.45) is 5.92 Å². The summed E-state index contributed by atoms with van der Waals surface area (Å²) in [5, 5.41) is 13.1. The molecule has 0 amide bonds. The highest BCUT2D eigenvalue weighted by atomic mass is 16.5. The molecule has 0 bridgehead atoms. The molecule has 17 heavy (non-hydrogen) atoms. The first-order valence-corrected chi connectivity index (χ1v) is 6.90. The molecule has 0 aromatic carbocycles. The van der Waals surface area contributed by atoms with Crippen molar-refractivity contribution in [1.29, 1.82) is 0 Å². The van der Waals surface area contributed by atoms with Crippen LogP contribution in [-0.4, -0.2) is 49.7 Å². The number of aliphatic hydroxyl groups is 1. The number of hydrogen-bond donors (Lipinski definition) is 2. The van der Waals surface area contributed by atoms with Crippen LogP contribution in [0.25, 0.3) is 0 Å². The van der Waals surface area contributed by atoms with Gasteiger partial charge in [0.25, 0.3) is 0 Å². The van der Waals surface area contributed by atoms with Gasteiger partial charge < -0.3 is 19.9 Å². The first kappa shape index (κ1) is 13.3. The third kappa shape index (κ3) is 4.54. The Hall–Kier alpha value is -0.160. The summed E-state index contributed by atoms with van der Waals surface area (Å²) < 4.78 is 10.9. The molecular weight excluding hydrogens is 218 g/mol. The molecule has 4 heteroatoms. The van der Waals surface area contributed by atoms with Gasteiger partial charge in [0.1, 0.15) is 0 Å². The van der Waals surface area contributed by atoms with Gasteiger partial charge in [-0.25, -0.2) is 0 Å². The topological polar surface area (TPSA) is 50.7 Å². The second kappa shape index (κ2) is 6.69. The summed E-state index contributed by atoms with van der Waals surface area (Å²) in [6.45, 7) is 4.76. The molecule has 0 aromatic rings. The molecule has 2 fully saturated rings. The van der Waals surface area contributed by atoms with E-state index in [0.717, 1.165) is 25.4 Å². The van der Waals surface area contributed by atoms with Gasteiger partial charge in [-0.2, -0.15) is 0 Å². The van der Waals surface area contributed by atoms with E-state index in [2.05, 4.69) is 12.2 Å². The fourth-order valence-corrected chi connectivity index (χ4v) is 2.41.